The molecule has 0 unspecified atom stereocenters. The maximum Gasteiger partial charge on any atom is 0.0585 e. The third-order valence-electron chi connectivity index (χ3n) is 3.27. The molecule has 0 saturated carbocycles. The summed E-state index contributed by atoms with van der Waals surface area (Å²) in [6, 6.07) is 8.74. The second-order valence-corrected chi connectivity index (χ2v) is 4.35. The van der Waals surface area contributed by atoms with E-state index in [9.17, 15) is 0 Å². The van der Waals surface area contributed by atoms with E-state index in [4.69, 9.17) is 4.74 Å². The maximum atomic E-state index is 5.39. The third-order valence-corrected chi connectivity index (χ3v) is 3.27. The highest BCUT2D eigenvalue weighted by Crippen LogP contribution is 2.37. The third kappa shape index (κ3) is 1.86. The van der Waals surface area contributed by atoms with E-state index in [0.29, 0.717) is 5.41 Å². The van der Waals surface area contributed by atoms with Gasteiger partial charge in [-0.1, -0.05) is 25.5 Å². The molecule has 1 aliphatic rings. The molecule has 2 rings (SSSR count). The van der Waals surface area contributed by atoms with Gasteiger partial charge in [0.05, 0.1) is 13.2 Å². The molecule has 0 aromatic heterocycles. The average molecular weight is 205 g/mol. The predicted octanol–water partition coefficient (Wildman–Crippen LogP) is 2.80. The Balaban J connectivity index is 2.19. The summed E-state index contributed by atoms with van der Waals surface area (Å²) in [4.78, 5) is 0. The van der Waals surface area contributed by atoms with E-state index >= 15 is 0 Å². The van der Waals surface area contributed by atoms with Gasteiger partial charge in [-0.2, -0.15) is 0 Å². The molecule has 0 radical (unpaired) electrons. The van der Waals surface area contributed by atoms with Crippen LogP contribution in [0.2, 0.25) is 0 Å². The predicted molar refractivity (Wildman–Crippen MR) is 63.4 cm³/mol. The lowest BCUT2D eigenvalue weighted by Gasteiger charge is -2.42. The molecule has 1 aromatic carbocycles. The number of rotatable bonds is 4. The first-order valence-electron chi connectivity index (χ1n) is 5.67. The Morgan fingerprint density at radius 1 is 1.27 bits per heavy atom. The van der Waals surface area contributed by atoms with Crippen LogP contribution in [0, 0.1) is 0 Å². The smallest absolute Gasteiger partial charge is 0.0585 e. The van der Waals surface area contributed by atoms with Gasteiger partial charge in [-0.05, 0) is 24.1 Å². The molecule has 1 N–H and O–H groups in total. The lowest BCUT2D eigenvalue weighted by Crippen LogP contribution is -2.46. The quantitative estimate of drug-likeness (QED) is 0.816. The molecule has 2 heteroatoms. The summed E-state index contributed by atoms with van der Waals surface area (Å²) in [7, 11) is 1.95. The van der Waals surface area contributed by atoms with Crippen molar-refractivity contribution in [2.75, 3.05) is 25.6 Å². The Morgan fingerprint density at radius 2 is 1.93 bits per heavy atom. The van der Waals surface area contributed by atoms with Gasteiger partial charge in [0.2, 0.25) is 0 Å². The highest BCUT2D eigenvalue weighted by Gasteiger charge is 2.39. The Morgan fingerprint density at radius 3 is 2.33 bits per heavy atom. The van der Waals surface area contributed by atoms with Gasteiger partial charge in [0.25, 0.3) is 0 Å². The van der Waals surface area contributed by atoms with Crippen molar-refractivity contribution in [3.63, 3.8) is 0 Å². The van der Waals surface area contributed by atoms with Crippen LogP contribution in [-0.2, 0) is 10.2 Å². The number of benzene rings is 1. The molecule has 0 aliphatic carbocycles. The van der Waals surface area contributed by atoms with Gasteiger partial charge in [-0.3, -0.25) is 0 Å². The zero-order valence-electron chi connectivity index (χ0n) is 9.55. The summed E-state index contributed by atoms with van der Waals surface area (Å²) >= 11 is 0. The first-order valence-corrected chi connectivity index (χ1v) is 5.67. The SMILES string of the molecule is CCCC1(c2ccc(NC)cc2)COC1. The first-order chi connectivity index (χ1) is 7.30. The Hall–Kier alpha value is -1.02. The van der Waals surface area contributed by atoms with Crippen molar-refractivity contribution in [2.45, 2.75) is 25.2 Å². The van der Waals surface area contributed by atoms with Crippen molar-refractivity contribution in [3.05, 3.63) is 29.8 Å². The van der Waals surface area contributed by atoms with Gasteiger partial charge in [-0.15, -0.1) is 0 Å². The molecule has 82 valence electrons. The number of hydrogen-bond acceptors (Lipinski definition) is 2. The molecule has 2 nitrogen and oxygen atoms in total. The fourth-order valence-electron chi connectivity index (χ4n) is 2.27. The molecule has 1 fully saturated rings. The van der Waals surface area contributed by atoms with E-state index in [2.05, 4.69) is 36.5 Å². The van der Waals surface area contributed by atoms with Crippen LogP contribution < -0.4 is 5.32 Å². The molecule has 1 saturated heterocycles. The molecular formula is C13H19NO. The second kappa shape index (κ2) is 4.23. The number of anilines is 1. The minimum Gasteiger partial charge on any atom is -0.388 e. The molecule has 1 aromatic rings. The highest BCUT2D eigenvalue weighted by atomic mass is 16.5. The summed E-state index contributed by atoms with van der Waals surface area (Å²) in [5.74, 6) is 0. The minimum atomic E-state index is 0.307. The zero-order chi connectivity index (χ0) is 10.7. The summed E-state index contributed by atoms with van der Waals surface area (Å²) in [6.07, 6.45) is 2.45. The van der Waals surface area contributed by atoms with Gasteiger partial charge in [-0.25, -0.2) is 0 Å². The summed E-state index contributed by atoms with van der Waals surface area (Å²) < 4.78 is 5.39. The molecule has 1 aliphatic heterocycles. The summed E-state index contributed by atoms with van der Waals surface area (Å²) in [5.41, 5.74) is 2.90. The van der Waals surface area contributed by atoms with Crippen LogP contribution in [0.15, 0.2) is 24.3 Å². The van der Waals surface area contributed by atoms with E-state index in [-0.39, 0.29) is 0 Å². The zero-order valence-corrected chi connectivity index (χ0v) is 9.55. The van der Waals surface area contributed by atoms with E-state index in [1.165, 1.54) is 24.1 Å². The molecule has 0 atom stereocenters. The van der Waals surface area contributed by atoms with Crippen molar-refractivity contribution < 1.29 is 4.74 Å². The van der Waals surface area contributed by atoms with Crippen molar-refractivity contribution in [1.29, 1.82) is 0 Å². The van der Waals surface area contributed by atoms with Crippen molar-refractivity contribution in [1.82, 2.24) is 0 Å². The average Bonchev–Trinajstić information content (AvgIpc) is 2.24. The van der Waals surface area contributed by atoms with Crippen LogP contribution in [0.1, 0.15) is 25.3 Å². The maximum absolute atomic E-state index is 5.39. The number of hydrogen-bond donors (Lipinski definition) is 1. The fraction of sp³-hybridized carbons (Fsp3) is 0.538. The van der Waals surface area contributed by atoms with E-state index < -0.39 is 0 Å². The monoisotopic (exact) mass is 205 g/mol. The van der Waals surface area contributed by atoms with Crippen molar-refractivity contribution in [3.8, 4) is 0 Å². The highest BCUT2D eigenvalue weighted by molar-refractivity contribution is 5.45. The van der Waals surface area contributed by atoms with Gasteiger partial charge in [0.15, 0.2) is 0 Å². The van der Waals surface area contributed by atoms with Gasteiger partial charge < -0.3 is 10.1 Å². The number of ether oxygens (including phenoxy) is 1. The first kappa shape index (κ1) is 10.5. The molecular weight excluding hydrogens is 186 g/mol. The molecule has 1 heterocycles. The van der Waals surface area contributed by atoms with Crippen LogP contribution in [0.5, 0.6) is 0 Å². The van der Waals surface area contributed by atoms with E-state index in [0.717, 1.165) is 13.2 Å². The van der Waals surface area contributed by atoms with Crippen molar-refractivity contribution >= 4 is 5.69 Å². The summed E-state index contributed by atoms with van der Waals surface area (Å²) in [6.45, 7) is 4.02. The molecule has 0 amide bonds. The second-order valence-electron chi connectivity index (χ2n) is 4.35. The molecule has 15 heavy (non-hydrogen) atoms. The Bertz CT molecular complexity index is 314. The van der Waals surface area contributed by atoms with Crippen LogP contribution >= 0.6 is 0 Å². The topological polar surface area (TPSA) is 21.3 Å². The lowest BCUT2D eigenvalue weighted by molar-refractivity contribution is -0.0646. The Labute approximate surface area is 91.6 Å². The molecule has 0 spiro atoms. The van der Waals surface area contributed by atoms with Crippen molar-refractivity contribution in [2.24, 2.45) is 0 Å². The van der Waals surface area contributed by atoms with Gasteiger partial charge in [0, 0.05) is 18.2 Å². The van der Waals surface area contributed by atoms with Crippen LogP contribution in [0.25, 0.3) is 0 Å². The minimum absolute atomic E-state index is 0.307. The summed E-state index contributed by atoms with van der Waals surface area (Å²) in [5, 5.41) is 3.14. The van der Waals surface area contributed by atoms with Crippen LogP contribution in [0.4, 0.5) is 5.69 Å². The van der Waals surface area contributed by atoms with Gasteiger partial charge in [0.1, 0.15) is 0 Å². The fourth-order valence-corrected chi connectivity index (χ4v) is 2.27. The standard InChI is InChI=1S/C13H19NO/c1-3-8-13(9-15-10-13)11-4-6-12(14-2)7-5-11/h4-7,14H,3,8-10H2,1-2H3. The van der Waals surface area contributed by atoms with E-state index in [1.54, 1.807) is 0 Å². The normalized spacial score (nSPS) is 18.3. The van der Waals surface area contributed by atoms with E-state index in [1.807, 2.05) is 7.05 Å². The Kier molecular flexibility index (Phi) is 2.96. The van der Waals surface area contributed by atoms with Gasteiger partial charge >= 0.3 is 0 Å². The molecule has 0 bridgehead atoms. The van der Waals surface area contributed by atoms with Crippen LogP contribution in [-0.4, -0.2) is 20.3 Å². The largest absolute Gasteiger partial charge is 0.388 e. The number of nitrogens with one attached hydrogen (secondary N) is 1. The van der Waals surface area contributed by atoms with Crippen LogP contribution in [0.3, 0.4) is 0 Å². The lowest BCUT2D eigenvalue weighted by atomic mass is 9.75.